The Balaban J connectivity index is 2.32. The molecule has 23 heavy (non-hydrogen) atoms. The van der Waals surface area contributed by atoms with Gasteiger partial charge in [0.25, 0.3) is 0 Å². The van der Waals surface area contributed by atoms with Gasteiger partial charge in [0.2, 0.25) is 0 Å². The lowest BCUT2D eigenvalue weighted by molar-refractivity contribution is 0.984. The normalized spacial score (nSPS) is 10.8. The molecule has 0 aliphatic carbocycles. The fourth-order valence-corrected chi connectivity index (χ4v) is 3.11. The van der Waals surface area contributed by atoms with Gasteiger partial charge in [0.15, 0.2) is 5.15 Å². The topological polar surface area (TPSA) is 38.7 Å². The van der Waals surface area contributed by atoms with E-state index in [1.165, 1.54) is 6.20 Å². The van der Waals surface area contributed by atoms with Crippen LogP contribution in [0.2, 0.25) is 20.2 Å². The van der Waals surface area contributed by atoms with E-state index in [9.17, 15) is 0 Å². The summed E-state index contributed by atoms with van der Waals surface area (Å²) in [5.41, 5.74) is 3.52. The SMILES string of the molecule is Cc1nnc(Cl)c(-c2ncc(Cl)cc2Cl)c1-c1ccc(Cl)cc1. The van der Waals surface area contributed by atoms with Crippen molar-refractivity contribution in [2.24, 2.45) is 0 Å². The predicted molar refractivity (Wildman–Crippen MR) is 95.5 cm³/mol. The molecule has 0 amide bonds. The lowest BCUT2D eigenvalue weighted by Gasteiger charge is -2.14. The third-order valence-electron chi connectivity index (χ3n) is 3.28. The molecule has 0 radical (unpaired) electrons. The quantitative estimate of drug-likeness (QED) is 0.533. The van der Waals surface area contributed by atoms with Gasteiger partial charge in [-0.15, -0.1) is 5.10 Å². The minimum Gasteiger partial charge on any atom is -0.253 e. The summed E-state index contributed by atoms with van der Waals surface area (Å²) in [6.07, 6.45) is 1.51. The first-order chi connectivity index (χ1) is 11.0. The second-order valence-electron chi connectivity index (χ2n) is 4.82. The van der Waals surface area contributed by atoms with E-state index < -0.39 is 0 Å². The van der Waals surface area contributed by atoms with Crippen molar-refractivity contribution in [2.45, 2.75) is 6.92 Å². The zero-order chi connectivity index (χ0) is 16.6. The van der Waals surface area contributed by atoms with Crippen molar-refractivity contribution in [3.8, 4) is 22.4 Å². The van der Waals surface area contributed by atoms with Crippen molar-refractivity contribution in [1.29, 1.82) is 0 Å². The summed E-state index contributed by atoms with van der Waals surface area (Å²) in [5.74, 6) is 0. The standard InChI is InChI=1S/C16H9Cl4N3/c1-8-13(9-2-4-10(17)5-3-9)14(16(20)23-22-8)15-12(19)6-11(18)7-21-15/h2-7H,1H3. The van der Waals surface area contributed by atoms with Crippen LogP contribution in [0.1, 0.15) is 5.69 Å². The maximum Gasteiger partial charge on any atom is 0.161 e. The van der Waals surface area contributed by atoms with Crippen LogP contribution in [0.4, 0.5) is 0 Å². The molecule has 3 nitrogen and oxygen atoms in total. The van der Waals surface area contributed by atoms with Gasteiger partial charge in [-0.3, -0.25) is 4.98 Å². The van der Waals surface area contributed by atoms with Gasteiger partial charge in [0, 0.05) is 16.8 Å². The van der Waals surface area contributed by atoms with Crippen LogP contribution in [0.3, 0.4) is 0 Å². The minimum absolute atomic E-state index is 0.220. The van der Waals surface area contributed by atoms with Gasteiger partial charge in [0.05, 0.1) is 27.0 Å². The van der Waals surface area contributed by atoms with Crippen molar-refractivity contribution < 1.29 is 0 Å². The van der Waals surface area contributed by atoms with Gasteiger partial charge in [-0.25, -0.2) is 0 Å². The molecule has 2 heterocycles. The summed E-state index contributed by atoms with van der Waals surface area (Å²) in [6.45, 7) is 1.85. The van der Waals surface area contributed by atoms with Crippen LogP contribution < -0.4 is 0 Å². The summed E-state index contributed by atoms with van der Waals surface area (Å²) < 4.78 is 0. The first kappa shape index (κ1) is 16.5. The Morgan fingerprint density at radius 3 is 2.17 bits per heavy atom. The fourth-order valence-electron chi connectivity index (χ4n) is 2.29. The highest BCUT2D eigenvalue weighted by Gasteiger charge is 2.20. The Bertz CT molecular complexity index is 879. The monoisotopic (exact) mass is 383 g/mol. The van der Waals surface area contributed by atoms with Gasteiger partial charge in [-0.1, -0.05) is 58.5 Å². The molecule has 1 aromatic carbocycles. The Morgan fingerprint density at radius 1 is 0.826 bits per heavy atom. The van der Waals surface area contributed by atoms with Gasteiger partial charge in [0.1, 0.15) is 0 Å². The Morgan fingerprint density at radius 2 is 1.52 bits per heavy atom. The summed E-state index contributed by atoms with van der Waals surface area (Å²) >= 11 is 24.5. The molecule has 0 atom stereocenters. The van der Waals surface area contributed by atoms with E-state index in [1.54, 1.807) is 18.2 Å². The van der Waals surface area contributed by atoms with Crippen LogP contribution in [0.15, 0.2) is 36.5 Å². The highest BCUT2D eigenvalue weighted by molar-refractivity contribution is 6.38. The van der Waals surface area contributed by atoms with Crippen molar-refractivity contribution in [3.63, 3.8) is 0 Å². The van der Waals surface area contributed by atoms with Gasteiger partial charge >= 0.3 is 0 Å². The van der Waals surface area contributed by atoms with E-state index in [-0.39, 0.29) is 5.15 Å². The third kappa shape index (κ3) is 3.29. The Kier molecular flexibility index (Phi) is 4.74. The number of rotatable bonds is 2. The molecule has 0 aliphatic heterocycles. The first-order valence-corrected chi connectivity index (χ1v) is 8.08. The number of nitrogens with zero attached hydrogens (tertiary/aromatic N) is 3. The molecule has 0 N–H and O–H groups in total. The third-order valence-corrected chi connectivity index (χ3v) is 4.29. The average Bonchev–Trinajstić information content (AvgIpc) is 2.51. The van der Waals surface area contributed by atoms with Crippen molar-refractivity contribution >= 4 is 46.4 Å². The van der Waals surface area contributed by atoms with Crippen LogP contribution >= 0.6 is 46.4 Å². The van der Waals surface area contributed by atoms with Gasteiger partial charge in [-0.2, -0.15) is 5.10 Å². The zero-order valence-corrected chi connectivity index (χ0v) is 14.8. The van der Waals surface area contributed by atoms with Crippen LogP contribution in [-0.4, -0.2) is 15.2 Å². The second-order valence-corrected chi connectivity index (χ2v) is 6.46. The van der Waals surface area contributed by atoms with Crippen molar-refractivity contribution in [3.05, 3.63) is 62.4 Å². The van der Waals surface area contributed by atoms with Crippen LogP contribution in [0, 0.1) is 6.92 Å². The lowest BCUT2D eigenvalue weighted by atomic mass is 9.97. The number of pyridine rings is 1. The number of hydrogen-bond acceptors (Lipinski definition) is 3. The number of aryl methyl sites for hydroxylation is 1. The average molecular weight is 385 g/mol. The lowest BCUT2D eigenvalue weighted by Crippen LogP contribution is -1.99. The molecule has 0 saturated heterocycles. The summed E-state index contributed by atoms with van der Waals surface area (Å²) in [4.78, 5) is 4.31. The summed E-state index contributed by atoms with van der Waals surface area (Å²) in [5, 5.41) is 9.78. The van der Waals surface area contributed by atoms with Crippen LogP contribution in [0.5, 0.6) is 0 Å². The zero-order valence-electron chi connectivity index (χ0n) is 11.8. The molecule has 0 aliphatic rings. The van der Waals surface area contributed by atoms with Crippen molar-refractivity contribution in [1.82, 2.24) is 15.2 Å². The number of hydrogen-bond donors (Lipinski definition) is 0. The second kappa shape index (κ2) is 6.62. The molecule has 116 valence electrons. The van der Waals surface area contributed by atoms with Crippen molar-refractivity contribution in [2.75, 3.05) is 0 Å². The molecular weight excluding hydrogens is 376 g/mol. The fraction of sp³-hybridized carbons (Fsp3) is 0.0625. The maximum absolute atomic E-state index is 6.30. The highest BCUT2D eigenvalue weighted by atomic mass is 35.5. The van der Waals surface area contributed by atoms with E-state index in [1.807, 2.05) is 19.1 Å². The molecule has 0 unspecified atom stereocenters. The Labute approximate surface area is 153 Å². The highest BCUT2D eigenvalue weighted by Crippen LogP contribution is 2.40. The predicted octanol–water partition coefficient (Wildman–Crippen LogP) is 6.13. The van der Waals surface area contributed by atoms with Gasteiger partial charge < -0.3 is 0 Å². The molecule has 0 saturated carbocycles. The minimum atomic E-state index is 0.220. The molecular formula is C16H9Cl4N3. The number of benzene rings is 1. The molecule has 3 rings (SSSR count). The molecule has 0 bridgehead atoms. The van der Waals surface area contributed by atoms with E-state index >= 15 is 0 Å². The maximum atomic E-state index is 6.30. The molecule has 3 aromatic rings. The van der Waals surface area contributed by atoms with Gasteiger partial charge in [-0.05, 0) is 30.7 Å². The summed E-state index contributed by atoms with van der Waals surface area (Å²) in [6, 6.07) is 8.98. The molecule has 0 fully saturated rings. The summed E-state index contributed by atoms with van der Waals surface area (Å²) in [7, 11) is 0. The van der Waals surface area contributed by atoms with Crippen LogP contribution in [-0.2, 0) is 0 Å². The molecule has 7 heteroatoms. The van der Waals surface area contributed by atoms with Crippen LogP contribution in [0.25, 0.3) is 22.4 Å². The molecule has 2 aromatic heterocycles. The first-order valence-electron chi connectivity index (χ1n) is 6.57. The number of halogens is 4. The number of aromatic nitrogens is 3. The van der Waals surface area contributed by atoms with E-state index in [2.05, 4.69) is 15.2 Å². The molecule has 0 spiro atoms. The largest absolute Gasteiger partial charge is 0.253 e. The van der Waals surface area contributed by atoms with E-state index in [0.29, 0.717) is 32.0 Å². The smallest absolute Gasteiger partial charge is 0.161 e. The van der Waals surface area contributed by atoms with E-state index in [4.69, 9.17) is 46.4 Å². The Hall–Kier alpha value is -1.39. The van der Waals surface area contributed by atoms with E-state index in [0.717, 1.165) is 11.1 Å².